The third-order valence-electron chi connectivity index (χ3n) is 3.72. The number of likely N-dealkylation sites (tertiary alicyclic amines) is 1. The Bertz CT molecular complexity index is 594. The van der Waals surface area contributed by atoms with Gasteiger partial charge in [-0.2, -0.15) is 4.31 Å². The fourth-order valence-electron chi connectivity index (χ4n) is 2.46. The molecule has 1 aromatic carbocycles. The summed E-state index contributed by atoms with van der Waals surface area (Å²) in [5.41, 5.74) is 0. The summed E-state index contributed by atoms with van der Waals surface area (Å²) in [6, 6.07) is 3.87. The van der Waals surface area contributed by atoms with Crippen LogP contribution in [0.15, 0.2) is 27.6 Å². The zero-order valence-electron chi connectivity index (χ0n) is 11.5. The summed E-state index contributed by atoms with van der Waals surface area (Å²) >= 11 is 3.12. The lowest BCUT2D eigenvalue weighted by atomic mass is 10.2. The van der Waals surface area contributed by atoms with Gasteiger partial charge in [0.15, 0.2) is 0 Å². The van der Waals surface area contributed by atoms with Gasteiger partial charge in [0.25, 0.3) is 0 Å². The number of hydrogen-bond donors (Lipinski definition) is 0. The van der Waals surface area contributed by atoms with E-state index < -0.39 is 15.8 Å². The molecule has 0 aliphatic carbocycles. The Balaban J connectivity index is 2.20. The van der Waals surface area contributed by atoms with E-state index in [9.17, 15) is 12.8 Å². The van der Waals surface area contributed by atoms with E-state index in [0.29, 0.717) is 6.54 Å². The quantitative estimate of drug-likeness (QED) is 0.822. The molecule has 0 N–H and O–H groups in total. The van der Waals surface area contributed by atoms with E-state index in [4.69, 9.17) is 0 Å². The molecule has 0 spiro atoms. The SMILES string of the molecule is CN1CCCC1CN(C)S(=O)(=O)c1ccc(F)cc1Br. The number of likely N-dealkylation sites (N-methyl/N-ethyl adjacent to an activating group) is 2. The second-order valence-corrected chi connectivity index (χ2v) is 8.00. The molecule has 1 fully saturated rings. The van der Waals surface area contributed by atoms with Gasteiger partial charge in [-0.15, -0.1) is 0 Å². The highest BCUT2D eigenvalue weighted by molar-refractivity contribution is 9.10. The van der Waals surface area contributed by atoms with E-state index in [0.717, 1.165) is 25.5 Å². The van der Waals surface area contributed by atoms with Gasteiger partial charge in [0, 0.05) is 24.1 Å². The van der Waals surface area contributed by atoms with E-state index in [2.05, 4.69) is 20.8 Å². The van der Waals surface area contributed by atoms with Crippen LogP contribution in [0.4, 0.5) is 4.39 Å². The Morgan fingerprint density at radius 1 is 1.50 bits per heavy atom. The van der Waals surface area contributed by atoms with Crippen molar-refractivity contribution in [2.75, 3.05) is 27.2 Å². The number of hydrogen-bond acceptors (Lipinski definition) is 3. The normalized spacial score (nSPS) is 20.8. The van der Waals surface area contributed by atoms with Crippen molar-refractivity contribution in [1.82, 2.24) is 9.21 Å². The smallest absolute Gasteiger partial charge is 0.243 e. The molecule has 20 heavy (non-hydrogen) atoms. The van der Waals surface area contributed by atoms with Gasteiger partial charge < -0.3 is 4.90 Å². The molecule has 0 amide bonds. The van der Waals surface area contributed by atoms with Gasteiger partial charge >= 0.3 is 0 Å². The molecule has 112 valence electrons. The van der Waals surface area contributed by atoms with Crippen molar-refractivity contribution in [1.29, 1.82) is 0 Å². The molecule has 0 aromatic heterocycles. The van der Waals surface area contributed by atoms with Crippen molar-refractivity contribution in [2.24, 2.45) is 0 Å². The molecular weight excluding hydrogens is 347 g/mol. The van der Waals surface area contributed by atoms with E-state index in [-0.39, 0.29) is 15.4 Å². The second-order valence-electron chi connectivity index (χ2n) is 5.14. The standard InChI is InChI=1S/C13H18BrFN2O2S/c1-16-7-3-4-11(16)9-17(2)20(18,19)13-6-5-10(15)8-12(13)14/h5-6,8,11H,3-4,7,9H2,1-2H3. The summed E-state index contributed by atoms with van der Waals surface area (Å²) in [6.07, 6.45) is 2.09. The molecule has 1 heterocycles. The maximum atomic E-state index is 13.1. The van der Waals surface area contributed by atoms with E-state index >= 15 is 0 Å². The minimum Gasteiger partial charge on any atom is -0.302 e. The van der Waals surface area contributed by atoms with Crippen LogP contribution in [0, 0.1) is 5.82 Å². The molecule has 1 aliphatic rings. The number of benzene rings is 1. The molecule has 1 atom stereocenters. The summed E-state index contributed by atoms with van der Waals surface area (Å²) in [5.74, 6) is -0.464. The Morgan fingerprint density at radius 2 is 2.20 bits per heavy atom. The van der Waals surface area contributed by atoms with Crippen molar-refractivity contribution in [3.63, 3.8) is 0 Å². The molecule has 1 unspecified atom stereocenters. The Hall–Kier alpha value is -0.500. The van der Waals surface area contributed by atoms with Crippen LogP contribution in [0.3, 0.4) is 0 Å². The Kier molecular flexibility index (Phi) is 4.84. The third kappa shape index (κ3) is 3.21. The van der Waals surface area contributed by atoms with Crippen LogP contribution in [0.5, 0.6) is 0 Å². The largest absolute Gasteiger partial charge is 0.302 e. The lowest BCUT2D eigenvalue weighted by Gasteiger charge is -2.25. The first kappa shape index (κ1) is 15.9. The summed E-state index contributed by atoms with van der Waals surface area (Å²) in [7, 11) is -0.0315. The first-order chi connectivity index (χ1) is 9.32. The molecule has 4 nitrogen and oxygen atoms in total. The molecule has 0 saturated carbocycles. The molecule has 1 aliphatic heterocycles. The zero-order chi connectivity index (χ0) is 14.9. The van der Waals surface area contributed by atoms with Crippen LogP contribution in [0.1, 0.15) is 12.8 Å². The maximum Gasteiger partial charge on any atom is 0.243 e. The first-order valence-corrected chi connectivity index (χ1v) is 8.67. The predicted octanol–water partition coefficient (Wildman–Crippen LogP) is 2.30. The molecule has 2 rings (SSSR count). The number of halogens is 2. The molecule has 0 bridgehead atoms. The third-order valence-corrected chi connectivity index (χ3v) is 6.52. The first-order valence-electron chi connectivity index (χ1n) is 6.44. The van der Waals surface area contributed by atoms with Crippen molar-refractivity contribution in [3.8, 4) is 0 Å². The van der Waals surface area contributed by atoms with Gasteiger partial charge in [0.1, 0.15) is 5.82 Å². The summed E-state index contributed by atoms with van der Waals surface area (Å²) in [6.45, 7) is 1.45. The average molecular weight is 365 g/mol. The molecular formula is C13H18BrFN2O2S. The summed E-state index contributed by atoms with van der Waals surface area (Å²) in [5, 5.41) is 0. The molecule has 1 saturated heterocycles. The van der Waals surface area contributed by atoms with Gasteiger partial charge in [-0.05, 0) is 60.6 Å². The molecule has 1 aromatic rings. The Labute approximate surface area is 127 Å². The van der Waals surface area contributed by atoms with Crippen LogP contribution >= 0.6 is 15.9 Å². The van der Waals surface area contributed by atoms with Gasteiger partial charge in [-0.1, -0.05) is 0 Å². The van der Waals surface area contributed by atoms with Gasteiger partial charge in [-0.3, -0.25) is 0 Å². The fourth-order valence-corrected chi connectivity index (χ4v) is 4.67. The van der Waals surface area contributed by atoms with Gasteiger partial charge in [0.05, 0.1) is 4.90 Å². The lowest BCUT2D eigenvalue weighted by Crippen LogP contribution is -2.39. The van der Waals surface area contributed by atoms with Gasteiger partial charge in [0.2, 0.25) is 10.0 Å². The van der Waals surface area contributed by atoms with Crippen LogP contribution in [0.2, 0.25) is 0 Å². The number of rotatable bonds is 4. The monoisotopic (exact) mass is 364 g/mol. The van der Waals surface area contributed by atoms with Crippen LogP contribution in [-0.2, 0) is 10.0 Å². The van der Waals surface area contributed by atoms with Crippen molar-refractivity contribution in [3.05, 3.63) is 28.5 Å². The van der Waals surface area contributed by atoms with Crippen molar-refractivity contribution >= 4 is 26.0 Å². The Morgan fingerprint density at radius 3 is 2.75 bits per heavy atom. The fraction of sp³-hybridized carbons (Fsp3) is 0.538. The minimum absolute atomic E-state index is 0.0991. The number of nitrogens with zero attached hydrogens (tertiary/aromatic N) is 2. The zero-order valence-corrected chi connectivity index (χ0v) is 13.9. The highest BCUT2D eigenvalue weighted by atomic mass is 79.9. The van der Waals surface area contributed by atoms with E-state index in [1.807, 2.05) is 7.05 Å². The topological polar surface area (TPSA) is 40.6 Å². The van der Waals surface area contributed by atoms with Crippen molar-refractivity contribution < 1.29 is 12.8 Å². The van der Waals surface area contributed by atoms with Crippen LogP contribution < -0.4 is 0 Å². The summed E-state index contributed by atoms with van der Waals surface area (Å²) < 4.78 is 39.7. The average Bonchev–Trinajstić information content (AvgIpc) is 2.74. The van der Waals surface area contributed by atoms with Crippen LogP contribution in [0.25, 0.3) is 0 Å². The van der Waals surface area contributed by atoms with Crippen LogP contribution in [-0.4, -0.2) is 50.8 Å². The van der Waals surface area contributed by atoms with E-state index in [1.54, 1.807) is 7.05 Å². The summed E-state index contributed by atoms with van der Waals surface area (Å²) in [4.78, 5) is 2.27. The van der Waals surface area contributed by atoms with Crippen molar-refractivity contribution in [2.45, 2.75) is 23.8 Å². The second kappa shape index (κ2) is 6.09. The maximum absolute atomic E-state index is 13.1. The van der Waals surface area contributed by atoms with Gasteiger partial charge in [-0.25, -0.2) is 12.8 Å². The highest BCUT2D eigenvalue weighted by Crippen LogP contribution is 2.26. The van der Waals surface area contributed by atoms with E-state index in [1.165, 1.54) is 16.4 Å². The highest BCUT2D eigenvalue weighted by Gasteiger charge is 2.29. The molecule has 0 radical (unpaired) electrons. The predicted molar refractivity (Wildman–Crippen MR) is 79.6 cm³/mol. The lowest BCUT2D eigenvalue weighted by molar-refractivity contribution is 0.271. The number of sulfonamides is 1. The minimum atomic E-state index is -3.60. The molecule has 7 heteroatoms.